The van der Waals surface area contributed by atoms with E-state index in [2.05, 4.69) is 11.9 Å². The highest BCUT2D eigenvalue weighted by Gasteiger charge is 2.24. The van der Waals surface area contributed by atoms with Gasteiger partial charge in [-0.05, 0) is 42.2 Å². The van der Waals surface area contributed by atoms with Gasteiger partial charge in [-0.25, -0.2) is 0 Å². The Balaban J connectivity index is 2.31. The number of halogens is 1. The SMILES string of the molecule is CCCc1[nH]c2cc(C(N)=O)cc(Cc3ccccc3Cl)c2c1C(=O)C(C)C. The lowest BCUT2D eigenvalue weighted by molar-refractivity contribution is 0.0939. The van der Waals surface area contributed by atoms with Crippen molar-refractivity contribution in [1.29, 1.82) is 0 Å². The second-order valence-corrected chi connectivity index (χ2v) is 7.85. The first-order valence-corrected chi connectivity index (χ1v) is 9.96. The first-order valence-electron chi connectivity index (χ1n) is 9.58. The minimum Gasteiger partial charge on any atom is -0.366 e. The summed E-state index contributed by atoms with van der Waals surface area (Å²) in [4.78, 5) is 28.3. The minimum atomic E-state index is -0.495. The van der Waals surface area contributed by atoms with Crippen LogP contribution in [0.2, 0.25) is 5.02 Å². The fourth-order valence-electron chi connectivity index (χ4n) is 3.60. The van der Waals surface area contributed by atoms with Gasteiger partial charge in [-0.15, -0.1) is 0 Å². The van der Waals surface area contributed by atoms with Crippen LogP contribution in [0.4, 0.5) is 0 Å². The second-order valence-electron chi connectivity index (χ2n) is 7.44. The van der Waals surface area contributed by atoms with Gasteiger partial charge in [-0.1, -0.05) is 57.0 Å². The number of nitrogens with one attached hydrogen (secondary N) is 1. The zero-order valence-electron chi connectivity index (χ0n) is 16.4. The number of amides is 1. The van der Waals surface area contributed by atoms with E-state index < -0.39 is 5.91 Å². The fraction of sp³-hybridized carbons (Fsp3) is 0.304. The number of hydrogen-bond donors (Lipinski definition) is 2. The summed E-state index contributed by atoms with van der Waals surface area (Å²) in [7, 11) is 0. The van der Waals surface area contributed by atoms with Crippen LogP contribution < -0.4 is 5.73 Å². The zero-order chi connectivity index (χ0) is 20.4. The molecule has 3 rings (SSSR count). The molecule has 0 atom stereocenters. The van der Waals surface area contributed by atoms with Crippen molar-refractivity contribution >= 4 is 34.2 Å². The number of aromatic nitrogens is 1. The van der Waals surface area contributed by atoms with Gasteiger partial charge in [0.15, 0.2) is 5.78 Å². The van der Waals surface area contributed by atoms with Crippen LogP contribution >= 0.6 is 11.6 Å². The first-order chi connectivity index (χ1) is 13.3. The van der Waals surface area contributed by atoms with Gasteiger partial charge in [0, 0.05) is 38.7 Å². The highest BCUT2D eigenvalue weighted by molar-refractivity contribution is 6.31. The standard InChI is InChI=1S/C23H25ClN2O2/c1-4-7-18-21(22(27)13(2)3)20-15(10-14-8-5-6-9-17(14)24)11-16(23(25)28)12-19(20)26-18/h5-6,8-9,11-13,26H,4,7,10H2,1-3H3,(H2,25,28). The molecular weight excluding hydrogens is 372 g/mol. The third-order valence-electron chi connectivity index (χ3n) is 4.95. The van der Waals surface area contributed by atoms with Gasteiger partial charge in [0.2, 0.25) is 5.91 Å². The minimum absolute atomic E-state index is 0.0990. The van der Waals surface area contributed by atoms with Crippen LogP contribution in [-0.4, -0.2) is 16.7 Å². The van der Waals surface area contributed by atoms with Crippen molar-refractivity contribution in [2.45, 2.75) is 40.0 Å². The zero-order valence-corrected chi connectivity index (χ0v) is 17.2. The van der Waals surface area contributed by atoms with Crippen molar-refractivity contribution in [3.05, 3.63) is 69.4 Å². The van der Waals surface area contributed by atoms with Crippen molar-refractivity contribution < 1.29 is 9.59 Å². The number of Topliss-reactive ketones (excluding diaryl/α,β-unsaturated/α-hetero) is 1. The largest absolute Gasteiger partial charge is 0.366 e. The van der Waals surface area contributed by atoms with Gasteiger partial charge in [0.25, 0.3) is 0 Å². The molecule has 2 aromatic carbocycles. The molecule has 3 N–H and O–H groups in total. The summed E-state index contributed by atoms with van der Waals surface area (Å²) in [5.74, 6) is -0.522. The van der Waals surface area contributed by atoms with Crippen molar-refractivity contribution in [1.82, 2.24) is 4.98 Å². The quantitative estimate of drug-likeness (QED) is 0.531. The number of nitrogens with two attached hydrogens (primary N) is 1. The van der Waals surface area contributed by atoms with Crippen molar-refractivity contribution in [3.63, 3.8) is 0 Å². The number of H-pyrrole nitrogens is 1. The van der Waals surface area contributed by atoms with Crippen molar-refractivity contribution in [2.75, 3.05) is 0 Å². The molecule has 146 valence electrons. The van der Waals surface area contributed by atoms with E-state index in [4.69, 9.17) is 17.3 Å². The lowest BCUT2D eigenvalue weighted by atomic mass is 9.91. The average molecular weight is 397 g/mol. The predicted octanol–water partition coefficient (Wildman–Crippen LogP) is 5.30. The average Bonchev–Trinajstić information content (AvgIpc) is 3.01. The topological polar surface area (TPSA) is 76.0 Å². The summed E-state index contributed by atoms with van der Waals surface area (Å²) in [5.41, 5.74) is 10.2. The van der Waals surface area contributed by atoms with Gasteiger partial charge in [0.05, 0.1) is 0 Å². The number of fused-ring (bicyclic) bond motifs is 1. The Morgan fingerprint density at radius 1 is 1.14 bits per heavy atom. The van der Waals surface area contributed by atoms with Crippen LogP contribution in [0.25, 0.3) is 10.9 Å². The molecule has 0 spiro atoms. The number of ketones is 1. The van der Waals surface area contributed by atoms with E-state index in [0.29, 0.717) is 17.0 Å². The van der Waals surface area contributed by atoms with Gasteiger partial charge >= 0.3 is 0 Å². The number of hydrogen-bond acceptors (Lipinski definition) is 2. The summed E-state index contributed by atoms with van der Waals surface area (Å²) in [6, 6.07) is 11.1. The van der Waals surface area contributed by atoms with E-state index in [-0.39, 0.29) is 11.7 Å². The fourth-order valence-corrected chi connectivity index (χ4v) is 3.80. The van der Waals surface area contributed by atoms with Gasteiger partial charge < -0.3 is 10.7 Å². The molecule has 0 saturated carbocycles. The summed E-state index contributed by atoms with van der Waals surface area (Å²) in [5, 5.41) is 1.52. The number of rotatable bonds is 7. The number of aromatic amines is 1. The molecule has 0 saturated heterocycles. The van der Waals surface area contributed by atoms with E-state index in [0.717, 1.165) is 46.1 Å². The maximum atomic E-state index is 13.1. The Labute approximate surface area is 170 Å². The Morgan fingerprint density at radius 3 is 2.46 bits per heavy atom. The van der Waals surface area contributed by atoms with Gasteiger partial charge in [-0.3, -0.25) is 9.59 Å². The number of carbonyl (C=O) groups is 2. The van der Waals surface area contributed by atoms with E-state index in [1.54, 1.807) is 12.1 Å². The summed E-state index contributed by atoms with van der Waals surface area (Å²) in [6.45, 7) is 5.89. The normalized spacial score (nSPS) is 11.3. The molecule has 28 heavy (non-hydrogen) atoms. The van der Waals surface area contributed by atoms with Gasteiger partial charge in [-0.2, -0.15) is 0 Å². The summed E-state index contributed by atoms with van der Waals surface area (Å²) < 4.78 is 0. The van der Waals surface area contributed by atoms with Crippen LogP contribution in [0.15, 0.2) is 36.4 Å². The molecule has 0 bridgehead atoms. The molecule has 1 amide bonds. The molecule has 0 radical (unpaired) electrons. The molecule has 5 heteroatoms. The third kappa shape index (κ3) is 3.83. The second kappa shape index (κ2) is 8.19. The van der Waals surface area contributed by atoms with E-state index in [9.17, 15) is 9.59 Å². The molecule has 3 aromatic rings. The molecule has 1 heterocycles. The maximum absolute atomic E-state index is 13.1. The number of carbonyl (C=O) groups excluding carboxylic acids is 2. The molecule has 0 aliphatic rings. The van der Waals surface area contributed by atoms with Crippen LogP contribution in [0.1, 0.15) is 64.7 Å². The molecule has 4 nitrogen and oxygen atoms in total. The van der Waals surface area contributed by atoms with Crippen molar-refractivity contribution in [3.8, 4) is 0 Å². The van der Waals surface area contributed by atoms with Crippen LogP contribution in [0.3, 0.4) is 0 Å². The van der Waals surface area contributed by atoms with E-state index in [1.807, 2.05) is 38.1 Å². The lowest BCUT2D eigenvalue weighted by Gasteiger charge is -2.11. The number of benzene rings is 2. The monoisotopic (exact) mass is 396 g/mol. The smallest absolute Gasteiger partial charge is 0.248 e. The lowest BCUT2D eigenvalue weighted by Crippen LogP contribution is -2.12. The molecule has 1 aromatic heterocycles. The Kier molecular flexibility index (Phi) is 5.90. The Hall–Kier alpha value is -2.59. The number of aryl methyl sites for hydroxylation is 1. The number of primary amides is 1. The summed E-state index contributed by atoms with van der Waals surface area (Å²) in [6.07, 6.45) is 2.19. The van der Waals surface area contributed by atoms with Gasteiger partial charge in [0.1, 0.15) is 0 Å². The molecule has 0 unspecified atom stereocenters. The van der Waals surface area contributed by atoms with E-state index in [1.165, 1.54) is 0 Å². The highest BCUT2D eigenvalue weighted by atomic mass is 35.5. The van der Waals surface area contributed by atoms with E-state index >= 15 is 0 Å². The summed E-state index contributed by atoms with van der Waals surface area (Å²) >= 11 is 6.37. The Bertz CT molecular complexity index is 1050. The van der Waals surface area contributed by atoms with Crippen LogP contribution in [0.5, 0.6) is 0 Å². The molecule has 0 aliphatic heterocycles. The molecular formula is C23H25ClN2O2. The van der Waals surface area contributed by atoms with Crippen LogP contribution in [0, 0.1) is 5.92 Å². The first kappa shape index (κ1) is 20.2. The molecule has 0 aliphatic carbocycles. The van der Waals surface area contributed by atoms with Crippen LogP contribution in [-0.2, 0) is 12.8 Å². The maximum Gasteiger partial charge on any atom is 0.248 e. The Morgan fingerprint density at radius 2 is 1.86 bits per heavy atom. The predicted molar refractivity (Wildman–Crippen MR) is 114 cm³/mol. The third-order valence-corrected chi connectivity index (χ3v) is 5.32. The molecule has 0 fully saturated rings. The van der Waals surface area contributed by atoms with Crippen molar-refractivity contribution in [2.24, 2.45) is 11.7 Å². The highest BCUT2D eigenvalue weighted by Crippen LogP contribution is 2.32.